The molecule has 0 fully saturated rings. The zero-order chi connectivity index (χ0) is 34.4. The van der Waals surface area contributed by atoms with Crippen LogP contribution in [0.5, 0.6) is 5.75 Å². The van der Waals surface area contributed by atoms with Crippen molar-refractivity contribution in [2.45, 2.75) is 25.4 Å². The highest BCUT2D eigenvalue weighted by molar-refractivity contribution is 5.98. The van der Waals surface area contributed by atoms with Gasteiger partial charge in [0.05, 0.1) is 5.69 Å². The Kier molecular flexibility index (Phi) is 7.46. The number of hydrogen-bond acceptors (Lipinski definition) is 2. The van der Waals surface area contributed by atoms with Crippen molar-refractivity contribution in [3.63, 3.8) is 0 Å². The average Bonchev–Trinajstić information content (AvgIpc) is 3.59. The van der Waals surface area contributed by atoms with Crippen molar-refractivity contribution < 1.29 is 4.74 Å². The number of fused-ring (bicyclic) bond motifs is 5. The van der Waals surface area contributed by atoms with Gasteiger partial charge in [-0.1, -0.05) is 152 Å². The van der Waals surface area contributed by atoms with E-state index in [1.807, 2.05) is 0 Å². The first-order chi connectivity index (χ1) is 25.8. The SMILES string of the molecule is c1ccc(-c2ccc(N(c3cccc(-c4cccc5ccccc45)c3)c3c4c(cc5c3Cc3ccccc3-5)OC(c3ccccc3)CC4)cc2)cc1. The molecule has 1 unspecified atom stereocenters. The molecule has 0 aromatic heterocycles. The summed E-state index contributed by atoms with van der Waals surface area (Å²) < 4.78 is 7.01. The van der Waals surface area contributed by atoms with Crippen LogP contribution in [0.1, 0.15) is 34.8 Å². The van der Waals surface area contributed by atoms with E-state index in [9.17, 15) is 0 Å². The minimum absolute atomic E-state index is 0.0181. The van der Waals surface area contributed by atoms with Gasteiger partial charge in [0.1, 0.15) is 11.9 Å². The smallest absolute Gasteiger partial charge is 0.126 e. The summed E-state index contributed by atoms with van der Waals surface area (Å²) in [4.78, 5) is 2.51. The molecule has 1 heterocycles. The third-order valence-electron chi connectivity index (χ3n) is 10.9. The van der Waals surface area contributed by atoms with Crippen molar-refractivity contribution in [1.29, 1.82) is 0 Å². The van der Waals surface area contributed by atoms with Crippen LogP contribution in [0, 0.1) is 0 Å². The van der Waals surface area contributed by atoms with Gasteiger partial charge in [-0.3, -0.25) is 0 Å². The van der Waals surface area contributed by atoms with E-state index in [4.69, 9.17) is 4.74 Å². The second kappa shape index (κ2) is 12.7. The molecule has 8 aromatic rings. The highest BCUT2D eigenvalue weighted by atomic mass is 16.5. The summed E-state index contributed by atoms with van der Waals surface area (Å²) >= 11 is 0. The second-order valence-electron chi connectivity index (χ2n) is 13.9. The lowest BCUT2D eigenvalue weighted by molar-refractivity contribution is 0.177. The summed E-state index contributed by atoms with van der Waals surface area (Å²) in [5, 5.41) is 2.51. The maximum absolute atomic E-state index is 7.01. The summed E-state index contributed by atoms with van der Waals surface area (Å²) in [6.45, 7) is 0. The lowest BCUT2D eigenvalue weighted by Gasteiger charge is -2.35. The third-order valence-corrected chi connectivity index (χ3v) is 10.9. The highest BCUT2D eigenvalue weighted by Crippen LogP contribution is 2.53. The topological polar surface area (TPSA) is 12.5 Å². The fraction of sp³-hybridized carbons (Fsp3) is 0.0800. The molecule has 10 rings (SSSR count). The van der Waals surface area contributed by atoms with Crippen LogP contribution in [0.25, 0.3) is 44.2 Å². The van der Waals surface area contributed by atoms with E-state index in [1.54, 1.807) is 0 Å². The van der Waals surface area contributed by atoms with Crippen molar-refractivity contribution in [3.8, 4) is 39.1 Å². The Bertz CT molecular complexity index is 2570. The molecule has 0 bridgehead atoms. The van der Waals surface area contributed by atoms with E-state index < -0.39 is 0 Å². The number of ether oxygens (including phenoxy) is 1. The van der Waals surface area contributed by atoms with Crippen LogP contribution >= 0.6 is 0 Å². The van der Waals surface area contributed by atoms with Gasteiger partial charge in [0.2, 0.25) is 0 Å². The molecule has 0 radical (unpaired) electrons. The van der Waals surface area contributed by atoms with E-state index in [-0.39, 0.29) is 6.10 Å². The Morgan fingerprint density at radius 1 is 0.481 bits per heavy atom. The van der Waals surface area contributed by atoms with Crippen molar-refractivity contribution in [2.24, 2.45) is 0 Å². The summed E-state index contributed by atoms with van der Waals surface area (Å²) in [5.41, 5.74) is 16.2. The number of rotatable bonds is 6. The predicted molar refractivity (Wildman–Crippen MR) is 216 cm³/mol. The van der Waals surface area contributed by atoms with E-state index in [2.05, 4.69) is 187 Å². The molecule has 0 saturated carbocycles. The Balaban J connectivity index is 1.19. The quantitative estimate of drug-likeness (QED) is 0.175. The first kappa shape index (κ1) is 30.4. The fourth-order valence-electron chi connectivity index (χ4n) is 8.42. The number of benzene rings is 8. The van der Waals surface area contributed by atoms with Crippen LogP contribution in [0.3, 0.4) is 0 Å². The van der Waals surface area contributed by atoms with Gasteiger partial charge in [-0.15, -0.1) is 0 Å². The monoisotopic (exact) mass is 667 g/mol. The zero-order valence-corrected chi connectivity index (χ0v) is 28.9. The number of nitrogens with zero attached hydrogens (tertiary/aromatic N) is 1. The summed E-state index contributed by atoms with van der Waals surface area (Å²) in [7, 11) is 0. The Morgan fingerprint density at radius 3 is 2.02 bits per heavy atom. The zero-order valence-electron chi connectivity index (χ0n) is 28.9. The van der Waals surface area contributed by atoms with Gasteiger partial charge in [0.25, 0.3) is 0 Å². The van der Waals surface area contributed by atoms with Gasteiger partial charge >= 0.3 is 0 Å². The van der Waals surface area contributed by atoms with Gasteiger partial charge in [-0.2, -0.15) is 0 Å². The first-order valence-corrected chi connectivity index (χ1v) is 18.3. The number of hydrogen-bond donors (Lipinski definition) is 0. The molecule has 0 spiro atoms. The van der Waals surface area contributed by atoms with Crippen molar-refractivity contribution in [2.75, 3.05) is 4.90 Å². The molecule has 2 heteroatoms. The minimum atomic E-state index is 0.0181. The molecule has 248 valence electrons. The lowest BCUT2D eigenvalue weighted by Crippen LogP contribution is -2.20. The maximum Gasteiger partial charge on any atom is 0.126 e. The molecule has 2 nitrogen and oxygen atoms in total. The summed E-state index contributed by atoms with van der Waals surface area (Å²) in [5.74, 6) is 0.988. The standard InChI is InChI=1S/C50H37NO/c1-3-13-34(14-4-1)35-25-27-40(28-26-35)51(41-21-11-20-38(31-41)43-24-12-19-36-15-7-9-22-42(36)43)50-45-29-30-48(37-16-5-2-6-17-37)52-49(45)33-46-44-23-10-8-18-39(44)32-47(46)50/h1-28,31,33,48H,29-30,32H2. The largest absolute Gasteiger partial charge is 0.485 e. The Labute approximate surface area is 305 Å². The van der Waals surface area contributed by atoms with Gasteiger partial charge in [0.15, 0.2) is 0 Å². The first-order valence-electron chi connectivity index (χ1n) is 18.3. The Hall–Kier alpha value is -6.38. The summed E-state index contributed by atoms with van der Waals surface area (Å²) in [6.07, 6.45) is 2.75. The van der Waals surface area contributed by atoms with Crippen molar-refractivity contribution >= 4 is 27.8 Å². The lowest BCUT2D eigenvalue weighted by atomic mass is 9.90. The van der Waals surface area contributed by atoms with Gasteiger partial charge < -0.3 is 9.64 Å². The summed E-state index contributed by atoms with van der Waals surface area (Å²) in [6, 6.07) is 66.0. The van der Waals surface area contributed by atoms with Crippen LogP contribution in [-0.4, -0.2) is 0 Å². The maximum atomic E-state index is 7.01. The molecular weight excluding hydrogens is 631 g/mol. The molecule has 2 aliphatic rings. The second-order valence-corrected chi connectivity index (χ2v) is 13.9. The molecular formula is C50H37NO. The van der Waals surface area contributed by atoms with Crippen molar-refractivity contribution in [3.05, 3.63) is 204 Å². The van der Waals surface area contributed by atoms with Crippen LogP contribution in [0.2, 0.25) is 0 Å². The van der Waals surface area contributed by atoms with E-state index in [0.29, 0.717) is 0 Å². The van der Waals surface area contributed by atoms with Crippen molar-refractivity contribution in [1.82, 2.24) is 0 Å². The Morgan fingerprint density at radius 2 is 1.15 bits per heavy atom. The van der Waals surface area contributed by atoms with E-state index in [1.165, 1.54) is 72.1 Å². The molecule has 1 aliphatic carbocycles. The number of anilines is 3. The van der Waals surface area contributed by atoms with E-state index in [0.717, 1.165) is 36.4 Å². The van der Waals surface area contributed by atoms with Crippen LogP contribution in [0.4, 0.5) is 17.1 Å². The third kappa shape index (κ3) is 5.27. The van der Waals surface area contributed by atoms with Crippen LogP contribution < -0.4 is 9.64 Å². The van der Waals surface area contributed by atoms with Gasteiger partial charge in [-0.25, -0.2) is 0 Å². The molecule has 0 N–H and O–H groups in total. The van der Waals surface area contributed by atoms with E-state index >= 15 is 0 Å². The fourth-order valence-corrected chi connectivity index (χ4v) is 8.42. The molecule has 1 aliphatic heterocycles. The van der Waals surface area contributed by atoms with Crippen LogP contribution in [-0.2, 0) is 12.8 Å². The predicted octanol–water partition coefficient (Wildman–Crippen LogP) is 13.3. The van der Waals surface area contributed by atoms with Gasteiger partial charge in [0, 0.05) is 23.4 Å². The molecule has 0 amide bonds. The molecule has 1 atom stereocenters. The average molecular weight is 668 g/mol. The molecule has 52 heavy (non-hydrogen) atoms. The minimum Gasteiger partial charge on any atom is -0.485 e. The molecule has 0 saturated heterocycles. The van der Waals surface area contributed by atoms with Crippen LogP contribution in [0.15, 0.2) is 182 Å². The highest BCUT2D eigenvalue weighted by Gasteiger charge is 2.33. The normalized spacial score (nSPS) is 14.3. The molecule has 8 aromatic carbocycles. The van der Waals surface area contributed by atoms with Gasteiger partial charge in [-0.05, 0) is 104 Å².